The van der Waals surface area contributed by atoms with Crippen molar-refractivity contribution in [1.82, 2.24) is 0 Å². The summed E-state index contributed by atoms with van der Waals surface area (Å²) < 4.78 is 7.35. The summed E-state index contributed by atoms with van der Waals surface area (Å²) in [4.78, 5) is 12.1. The molecule has 194 valence electrons. The predicted octanol–water partition coefficient (Wildman–Crippen LogP) is 7.72. The molecule has 0 N–H and O–H groups in total. The molecule has 2 aliphatic heterocycles. The summed E-state index contributed by atoms with van der Waals surface area (Å²) >= 11 is 8.42. The Morgan fingerprint density at radius 1 is 0.795 bits per heavy atom. The number of fused-ring (bicyclic) bond motifs is 2. The van der Waals surface area contributed by atoms with Gasteiger partial charge >= 0.3 is 5.97 Å². The second-order valence-electron chi connectivity index (χ2n) is 8.77. The number of benzene rings is 4. The normalized spacial score (nSPS) is 18.0. The third kappa shape index (κ3) is 4.58. The van der Waals surface area contributed by atoms with Crippen LogP contribution < -0.4 is 10.0 Å². The third-order valence-corrected chi connectivity index (χ3v) is 8.73. The van der Waals surface area contributed by atoms with Crippen LogP contribution in [-0.2, 0) is 14.5 Å². The molecule has 9 heteroatoms. The zero-order chi connectivity index (χ0) is 27.0. The van der Waals surface area contributed by atoms with E-state index in [1.54, 1.807) is 6.92 Å². The molecule has 39 heavy (non-hydrogen) atoms. The maximum atomic E-state index is 13.1. The fourth-order valence-corrected chi connectivity index (χ4v) is 6.50. The van der Waals surface area contributed by atoms with Crippen molar-refractivity contribution >= 4 is 71.7 Å². The lowest BCUT2D eigenvalue weighted by atomic mass is 9.93. The first-order valence-electron chi connectivity index (χ1n) is 12.3. The number of ether oxygens (including phenoxy) is 1. The van der Waals surface area contributed by atoms with Gasteiger partial charge in [0, 0.05) is 25.6 Å². The molecule has 0 radical (unpaired) electrons. The molecule has 4 aromatic rings. The number of carbonyl (C=O) groups is 1. The predicted molar refractivity (Wildman–Crippen MR) is 165 cm³/mol. The van der Waals surface area contributed by atoms with E-state index < -0.39 is 11.0 Å². The molecule has 0 aliphatic carbocycles. The molecular weight excluding hydrogens is 640 g/mol. The van der Waals surface area contributed by atoms with Crippen molar-refractivity contribution in [2.75, 3.05) is 16.6 Å². The highest BCUT2D eigenvalue weighted by atomic mass is 79.9. The Balaban J connectivity index is 1.64. The van der Waals surface area contributed by atoms with Gasteiger partial charge in [-0.25, -0.2) is 14.8 Å². The second kappa shape index (κ2) is 10.6. The number of nitrogens with zero attached hydrogens (tertiary/aromatic N) is 4. The number of hydrazone groups is 2. The van der Waals surface area contributed by atoms with Gasteiger partial charge in [0.2, 0.25) is 10.0 Å². The minimum Gasteiger partial charge on any atom is -0.461 e. The number of anilines is 2. The van der Waals surface area contributed by atoms with E-state index in [0.29, 0.717) is 0 Å². The fourth-order valence-electron chi connectivity index (χ4n) is 4.68. The van der Waals surface area contributed by atoms with Crippen molar-refractivity contribution in [3.05, 3.63) is 129 Å². The van der Waals surface area contributed by atoms with Crippen molar-refractivity contribution in [2.24, 2.45) is 10.2 Å². The lowest BCUT2D eigenvalue weighted by Crippen LogP contribution is -2.54. The third-order valence-electron chi connectivity index (χ3n) is 6.38. The summed E-state index contributed by atoms with van der Waals surface area (Å²) in [6.45, 7) is 2.05. The van der Waals surface area contributed by atoms with Crippen LogP contribution in [-0.4, -0.2) is 23.3 Å². The summed E-state index contributed by atoms with van der Waals surface area (Å²) in [5.41, 5.74) is 5.39. The summed E-state index contributed by atoms with van der Waals surface area (Å²) in [7, 11) is 0. The zero-order valence-corrected chi connectivity index (χ0v) is 24.8. The van der Waals surface area contributed by atoms with E-state index in [-0.39, 0.29) is 11.7 Å². The van der Waals surface area contributed by atoms with Crippen LogP contribution in [0.2, 0.25) is 0 Å². The number of para-hydroxylation sites is 1. The lowest BCUT2D eigenvalue weighted by Gasteiger charge is -2.47. The van der Waals surface area contributed by atoms with Crippen molar-refractivity contribution in [2.45, 2.75) is 11.9 Å². The first-order valence-corrected chi connectivity index (χ1v) is 14.7. The Hall–Kier alpha value is -3.40. The molecule has 0 saturated carbocycles. The highest BCUT2D eigenvalue weighted by molar-refractivity contribution is 9.10. The molecule has 6 rings (SSSR count). The van der Waals surface area contributed by atoms with Crippen LogP contribution >= 0.6 is 43.6 Å². The van der Waals surface area contributed by atoms with Gasteiger partial charge in [-0.3, -0.25) is 0 Å². The van der Waals surface area contributed by atoms with Gasteiger partial charge in [-0.05, 0) is 67.2 Å². The summed E-state index contributed by atoms with van der Waals surface area (Å²) in [6.07, 6.45) is 0. The van der Waals surface area contributed by atoms with E-state index in [2.05, 4.69) is 56.1 Å². The topological polar surface area (TPSA) is 57.5 Å². The van der Waals surface area contributed by atoms with Crippen LogP contribution in [0.4, 0.5) is 11.4 Å². The Bertz CT molecular complexity index is 1590. The van der Waals surface area contributed by atoms with E-state index >= 15 is 0 Å². The number of hydrogen-bond donors (Lipinski definition) is 0. The second-order valence-corrected chi connectivity index (χ2v) is 11.8. The first-order chi connectivity index (χ1) is 19.0. The Labute approximate surface area is 247 Å². The molecule has 0 aromatic heterocycles. The molecule has 2 heterocycles. The van der Waals surface area contributed by atoms with Crippen LogP contribution in [0, 0.1) is 0 Å². The van der Waals surface area contributed by atoms with Crippen LogP contribution in [0.5, 0.6) is 0 Å². The molecule has 6 nitrogen and oxygen atoms in total. The number of esters is 1. The Morgan fingerprint density at radius 3 is 2.08 bits per heavy atom. The highest BCUT2D eigenvalue weighted by Crippen LogP contribution is 2.55. The molecule has 0 amide bonds. The molecule has 0 bridgehead atoms. The van der Waals surface area contributed by atoms with Gasteiger partial charge in [0.25, 0.3) is 0 Å². The van der Waals surface area contributed by atoms with E-state index in [4.69, 9.17) is 14.9 Å². The Morgan fingerprint density at radius 2 is 1.38 bits per heavy atom. The molecule has 0 fully saturated rings. The van der Waals surface area contributed by atoms with Crippen molar-refractivity contribution in [1.29, 1.82) is 0 Å². The van der Waals surface area contributed by atoms with E-state index in [1.165, 1.54) is 11.8 Å². The summed E-state index contributed by atoms with van der Waals surface area (Å²) in [6, 6.07) is 34.1. The molecular formula is C30H22Br2N4O2S. The van der Waals surface area contributed by atoms with Crippen LogP contribution in [0.1, 0.15) is 23.6 Å². The average molecular weight is 662 g/mol. The molecule has 1 unspecified atom stereocenters. The number of thioether (sulfide) groups is 1. The maximum Gasteiger partial charge on any atom is 0.365 e. The van der Waals surface area contributed by atoms with Crippen molar-refractivity contribution < 1.29 is 9.53 Å². The average Bonchev–Trinajstić information content (AvgIpc) is 3.36. The number of halogens is 2. The smallest absolute Gasteiger partial charge is 0.365 e. The van der Waals surface area contributed by atoms with Crippen molar-refractivity contribution in [3.63, 3.8) is 0 Å². The molecule has 2 aliphatic rings. The number of carbonyl (C=O) groups excluding carboxylic acids is 1. The fraction of sp³-hybridized carbons (Fsp3) is 0.100. The van der Waals surface area contributed by atoms with E-state index in [0.717, 1.165) is 42.7 Å². The SMILES string of the molecule is CCOC(=O)C1=NN(c2ccc(Br)cc2)C2(S1)c1ccccc1C(c1ccc(Br)cc1)=NN2c1ccccc1. The summed E-state index contributed by atoms with van der Waals surface area (Å²) in [5, 5.41) is 14.3. The van der Waals surface area contributed by atoms with Gasteiger partial charge in [-0.15, -0.1) is 0 Å². The van der Waals surface area contributed by atoms with E-state index in [9.17, 15) is 4.79 Å². The molecule has 0 saturated heterocycles. The van der Waals surface area contributed by atoms with Gasteiger partial charge in [0.05, 0.1) is 23.7 Å². The number of rotatable bonds is 5. The molecule has 4 aromatic carbocycles. The first kappa shape index (κ1) is 25.9. The standard InChI is InChI=1S/C30H22Br2N4O2S/c1-2-38-29(37)28-34-36(24-18-16-22(32)17-19-24)30(39-28)26-11-7-6-10-25(26)27(20-12-14-21(31)15-13-20)33-35(30)23-8-4-3-5-9-23/h3-19H,2H2,1H3. The van der Waals surface area contributed by atoms with Crippen LogP contribution in [0.15, 0.2) is 122 Å². The molecule has 1 atom stereocenters. The molecule has 1 spiro atoms. The van der Waals surface area contributed by atoms with Gasteiger partial charge in [0.1, 0.15) is 0 Å². The van der Waals surface area contributed by atoms with Gasteiger partial charge in [-0.1, -0.05) is 86.5 Å². The number of hydrogen-bond acceptors (Lipinski definition) is 7. The lowest BCUT2D eigenvalue weighted by molar-refractivity contribution is -0.134. The minimum absolute atomic E-state index is 0.258. The van der Waals surface area contributed by atoms with Crippen molar-refractivity contribution in [3.8, 4) is 0 Å². The minimum atomic E-state index is -1.03. The summed E-state index contributed by atoms with van der Waals surface area (Å²) in [5.74, 6) is -0.463. The van der Waals surface area contributed by atoms with Gasteiger partial charge in [-0.2, -0.15) is 10.2 Å². The maximum absolute atomic E-state index is 13.1. The van der Waals surface area contributed by atoms with E-state index in [1.807, 2.05) is 88.9 Å². The zero-order valence-electron chi connectivity index (χ0n) is 20.8. The largest absolute Gasteiger partial charge is 0.461 e. The quantitative estimate of drug-likeness (QED) is 0.205. The van der Waals surface area contributed by atoms with Gasteiger partial charge in [0.15, 0.2) is 0 Å². The van der Waals surface area contributed by atoms with Crippen LogP contribution in [0.3, 0.4) is 0 Å². The Kier molecular flexibility index (Phi) is 7.05. The van der Waals surface area contributed by atoms with Gasteiger partial charge < -0.3 is 4.74 Å². The highest BCUT2D eigenvalue weighted by Gasteiger charge is 2.56. The van der Waals surface area contributed by atoms with Crippen LogP contribution in [0.25, 0.3) is 0 Å². The monoisotopic (exact) mass is 660 g/mol.